The highest BCUT2D eigenvalue weighted by Crippen LogP contribution is 2.28. The summed E-state index contributed by atoms with van der Waals surface area (Å²) in [7, 11) is 0. The van der Waals surface area contributed by atoms with Crippen molar-refractivity contribution in [2.45, 2.75) is 6.92 Å². The topological polar surface area (TPSA) is 15.8 Å². The Morgan fingerprint density at radius 1 is 1.17 bits per heavy atom. The molecule has 0 aliphatic carbocycles. The smallest absolute Gasteiger partial charge is 0.0613 e. The van der Waals surface area contributed by atoms with Gasteiger partial charge in [-0.15, -0.1) is 0 Å². The van der Waals surface area contributed by atoms with Crippen molar-refractivity contribution in [1.29, 1.82) is 0 Å². The first kappa shape index (κ1) is 7.96. The van der Waals surface area contributed by atoms with Crippen LogP contribution in [-0.2, 0) is 0 Å². The van der Waals surface area contributed by atoms with E-state index in [0.717, 1.165) is 10.9 Å². The molecule has 0 amide bonds. The lowest BCUT2D eigenvalue weighted by Crippen LogP contribution is -1.71. The molecule has 0 aliphatic heterocycles. The predicted octanol–water partition coefficient (Wildman–Crippen LogP) is 3.78. The van der Waals surface area contributed by atoms with Crippen molar-refractivity contribution in [2.75, 3.05) is 0 Å². The molecule has 62 valence electrons. The summed E-state index contributed by atoms with van der Waals surface area (Å²) < 4.78 is 0. The summed E-state index contributed by atoms with van der Waals surface area (Å²) in [6.45, 7) is 2.03. The second-order valence-electron chi connectivity index (χ2n) is 2.78. The first-order chi connectivity index (χ1) is 5.68. The SMILES string of the molecule is Cc1c[nH]c2cc(Cl)c(Cl)cc12. The fourth-order valence-corrected chi connectivity index (χ4v) is 1.58. The molecule has 0 saturated heterocycles. The summed E-state index contributed by atoms with van der Waals surface area (Å²) >= 11 is 11.7. The Kier molecular flexibility index (Phi) is 1.78. The van der Waals surface area contributed by atoms with Gasteiger partial charge in [-0.25, -0.2) is 0 Å². The Balaban J connectivity index is 2.87. The average Bonchev–Trinajstić information content (AvgIpc) is 2.35. The second-order valence-corrected chi connectivity index (χ2v) is 3.60. The third-order valence-corrected chi connectivity index (χ3v) is 2.65. The minimum absolute atomic E-state index is 0.589. The number of aromatic nitrogens is 1. The molecule has 1 aromatic carbocycles. The van der Waals surface area contributed by atoms with Gasteiger partial charge >= 0.3 is 0 Å². The van der Waals surface area contributed by atoms with Crippen molar-refractivity contribution in [2.24, 2.45) is 0 Å². The highest BCUT2D eigenvalue weighted by atomic mass is 35.5. The summed E-state index contributed by atoms with van der Waals surface area (Å²) in [5.74, 6) is 0. The van der Waals surface area contributed by atoms with Gasteiger partial charge in [0.1, 0.15) is 0 Å². The van der Waals surface area contributed by atoms with Crippen LogP contribution in [0.5, 0.6) is 0 Å². The molecular weight excluding hydrogens is 193 g/mol. The van der Waals surface area contributed by atoms with Gasteiger partial charge in [-0.1, -0.05) is 23.2 Å². The van der Waals surface area contributed by atoms with Crippen molar-refractivity contribution >= 4 is 34.1 Å². The fourth-order valence-electron chi connectivity index (χ4n) is 1.26. The molecule has 2 rings (SSSR count). The van der Waals surface area contributed by atoms with E-state index in [-0.39, 0.29) is 0 Å². The molecule has 1 nitrogen and oxygen atoms in total. The zero-order valence-electron chi connectivity index (χ0n) is 6.49. The quantitative estimate of drug-likeness (QED) is 0.665. The number of aryl methyl sites for hydroxylation is 1. The maximum atomic E-state index is 5.87. The number of rotatable bonds is 0. The number of H-pyrrole nitrogens is 1. The van der Waals surface area contributed by atoms with Crippen LogP contribution in [0.2, 0.25) is 10.0 Å². The van der Waals surface area contributed by atoms with Gasteiger partial charge in [-0.2, -0.15) is 0 Å². The van der Waals surface area contributed by atoms with Crippen LogP contribution in [0.25, 0.3) is 10.9 Å². The van der Waals surface area contributed by atoms with E-state index in [1.54, 1.807) is 0 Å². The van der Waals surface area contributed by atoms with Gasteiger partial charge in [0.25, 0.3) is 0 Å². The molecule has 0 radical (unpaired) electrons. The number of hydrogen-bond acceptors (Lipinski definition) is 0. The number of aromatic amines is 1. The third-order valence-electron chi connectivity index (χ3n) is 1.93. The summed E-state index contributed by atoms with van der Waals surface area (Å²) in [6, 6.07) is 3.72. The molecule has 3 heteroatoms. The molecule has 0 aliphatic rings. The Hall–Kier alpha value is -0.660. The lowest BCUT2D eigenvalue weighted by Gasteiger charge is -1.96. The average molecular weight is 200 g/mol. The molecule has 1 aromatic heterocycles. The van der Waals surface area contributed by atoms with E-state index < -0.39 is 0 Å². The highest BCUT2D eigenvalue weighted by Gasteiger charge is 2.03. The van der Waals surface area contributed by atoms with Crippen LogP contribution < -0.4 is 0 Å². The van der Waals surface area contributed by atoms with Gasteiger partial charge in [0.15, 0.2) is 0 Å². The molecule has 2 aromatic rings. The van der Waals surface area contributed by atoms with Gasteiger partial charge in [-0.05, 0) is 24.6 Å². The molecule has 12 heavy (non-hydrogen) atoms. The van der Waals surface area contributed by atoms with Crippen LogP contribution in [0.3, 0.4) is 0 Å². The van der Waals surface area contributed by atoms with Crippen LogP contribution in [0.4, 0.5) is 0 Å². The molecule has 0 atom stereocenters. The van der Waals surface area contributed by atoms with Crippen molar-refractivity contribution in [3.05, 3.63) is 33.9 Å². The van der Waals surface area contributed by atoms with Crippen LogP contribution in [0.15, 0.2) is 18.3 Å². The molecule has 0 saturated carbocycles. The number of halogens is 2. The number of benzene rings is 1. The molecule has 0 spiro atoms. The maximum absolute atomic E-state index is 5.87. The molecule has 1 heterocycles. The first-order valence-corrected chi connectivity index (χ1v) is 4.37. The van der Waals surface area contributed by atoms with Crippen LogP contribution in [0.1, 0.15) is 5.56 Å². The second kappa shape index (κ2) is 2.68. The zero-order valence-corrected chi connectivity index (χ0v) is 8.00. The summed E-state index contributed by atoms with van der Waals surface area (Å²) in [4.78, 5) is 3.11. The molecule has 0 bridgehead atoms. The van der Waals surface area contributed by atoms with Crippen LogP contribution >= 0.6 is 23.2 Å². The summed E-state index contributed by atoms with van der Waals surface area (Å²) in [6.07, 6.45) is 1.94. The van der Waals surface area contributed by atoms with E-state index in [2.05, 4.69) is 4.98 Å². The molecular formula is C9H7Cl2N. The fraction of sp³-hybridized carbons (Fsp3) is 0.111. The van der Waals surface area contributed by atoms with Crippen molar-refractivity contribution in [3.63, 3.8) is 0 Å². The third kappa shape index (κ3) is 1.10. The molecule has 1 N–H and O–H groups in total. The van der Waals surface area contributed by atoms with Gasteiger partial charge < -0.3 is 4.98 Å². The van der Waals surface area contributed by atoms with E-state index in [4.69, 9.17) is 23.2 Å². The Morgan fingerprint density at radius 2 is 1.83 bits per heavy atom. The van der Waals surface area contributed by atoms with E-state index in [1.165, 1.54) is 5.56 Å². The van der Waals surface area contributed by atoms with Crippen molar-refractivity contribution in [1.82, 2.24) is 4.98 Å². The number of nitrogens with one attached hydrogen (secondary N) is 1. The van der Waals surface area contributed by atoms with Gasteiger partial charge in [-0.3, -0.25) is 0 Å². The van der Waals surface area contributed by atoms with Gasteiger partial charge in [0.2, 0.25) is 0 Å². The first-order valence-electron chi connectivity index (χ1n) is 3.61. The maximum Gasteiger partial charge on any atom is 0.0613 e. The molecule has 0 fully saturated rings. The normalized spacial score (nSPS) is 10.9. The Morgan fingerprint density at radius 3 is 2.58 bits per heavy atom. The summed E-state index contributed by atoms with van der Waals surface area (Å²) in [5.41, 5.74) is 2.21. The van der Waals surface area contributed by atoms with Crippen molar-refractivity contribution in [3.8, 4) is 0 Å². The minimum atomic E-state index is 0.589. The Labute approximate surface area is 80.3 Å². The molecule has 0 unspecified atom stereocenters. The zero-order chi connectivity index (χ0) is 8.72. The monoisotopic (exact) mass is 199 g/mol. The van der Waals surface area contributed by atoms with E-state index in [0.29, 0.717) is 10.0 Å². The lowest BCUT2D eigenvalue weighted by molar-refractivity contribution is 1.43. The van der Waals surface area contributed by atoms with E-state index in [9.17, 15) is 0 Å². The van der Waals surface area contributed by atoms with Crippen LogP contribution in [-0.4, -0.2) is 4.98 Å². The van der Waals surface area contributed by atoms with E-state index in [1.807, 2.05) is 25.3 Å². The lowest BCUT2D eigenvalue weighted by atomic mass is 10.2. The largest absolute Gasteiger partial charge is 0.361 e. The minimum Gasteiger partial charge on any atom is -0.361 e. The van der Waals surface area contributed by atoms with E-state index >= 15 is 0 Å². The number of hydrogen-bond donors (Lipinski definition) is 1. The predicted molar refractivity (Wildman–Crippen MR) is 53.1 cm³/mol. The number of fused-ring (bicyclic) bond motifs is 1. The van der Waals surface area contributed by atoms with Gasteiger partial charge in [0, 0.05) is 17.1 Å². The van der Waals surface area contributed by atoms with Gasteiger partial charge in [0.05, 0.1) is 10.0 Å². The Bertz CT molecular complexity index is 431. The van der Waals surface area contributed by atoms with Crippen LogP contribution in [0, 0.1) is 6.92 Å². The summed E-state index contributed by atoms with van der Waals surface area (Å²) in [5, 5.41) is 2.32. The standard InChI is InChI=1S/C9H7Cl2N/c1-5-4-12-9-3-8(11)7(10)2-6(5)9/h2-4,12H,1H3. The highest BCUT2D eigenvalue weighted by molar-refractivity contribution is 6.42. The van der Waals surface area contributed by atoms with Crippen molar-refractivity contribution < 1.29 is 0 Å².